The summed E-state index contributed by atoms with van der Waals surface area (Å²) >= 11 is 0. The Morgan fingerprint density at radius 3 is 2.76 bits per heavy atom. The van der Waals surface area contributed by atoms with Gasteiger partial charge in [-0.25, -0.2) is 4.39 Å². The summed E-state index contributed by atoms with van der Waals surface area (Å²) in [6, 6.07) is 6.44. The molecule has 0 aromatic heterocycles. The summed E-state index contributed by atoms with van der Waals surface area (Å²) in [6.45, 7) is 6.41. The van der Waals surface area contributed by atoms with Crippen LogP contribution in [0.4, 0.5) is 4.39 Å². The van der Waals surface area contributed by atoms with Gasteiger partial charge in [-0.05, 0) is 38.0 Å². The number of rotatable bonds is 5. The van der Waals surface area contributed by atoms with E-state index in [1.54, 1.807) is 6.07 Å². The van der Waals surface area contributed by atoms with E-state index in [2.05, 4.69) is 5.32 Å². The van der Waals surface area contributed by atoms with Crippen molar-refractivity contribution in [3.8, 4) is 0 Å². The lowest BCUT2D eigenvalue weighted by atomic mass is 10.1. The first-order valence-electron chi connectivity index (χ1n) is 7.43. The van der Waals surface area contributed by atoms with Gasteiger partial charge in [0.1, 0.15) is 5.82 Å². The van der Waals surface area contributed by atoms with Crippen molar-refractivity contribution in [3.05, 3.63) is 35.6 Å². The normalized spacial score (nSPS) is 18.3. The average Bonchev–Trinajstić information content (AvgIpc) is 2.47. The molecule has 1 aliphatic heterocycles. The van der Waals surface area contributed by atoms with Gasteiger partial charge in [0.15, 0.2) is 0 Å². The zero-order chi connectivity index (χ0) is 15.2. The molecule has 0 bridgehead atoms. The molecule has 4 nitrogen and oxygen atoms in total. The molecule has 21 heavy (non-hydrogen) atoms. The molecule has 1 aromatic carbocycles. The quantitative estimate of drug-likeness (QED) is 0.897. The number of morpholine rings is 1. The van der Waals surface area contributed by atoms with Gasteiger partial charge in [-0.1, -0.05) is 12.1 Å². The molecule has 0 aliphatic carbocycles. The van der Waals surface area contributed by atoms with E-state index in [0.717, 1.165) is 5.56 Å². The number of hydrogen-bond acceptors (Lipinski definition) is 3. The van der Waals surface area contributed by atoms with Crippen LogP contribution in [0.3, 0.4) is 0 Å². The first kappa shape index (κ1) is 15.9. The number of halogens is 1. The van der Waals surface area contributed by atoms with Crippen LogP contribution in [0, 0.1) is 5.82 Å². The summed E-state index contributed by atoms with van der Waals surface area (Å²) in [4.78, 5) is 14.1. The van der Waals surface area contributed by atoms with Crippen LogP contribution in [0.1, 0.15) is 19.4 Å². The lowest BCUT2D eigenvalue weighted by Crippen LogP contribution is -2.51. The Morgan fingerprint density at radius 2 is 2.10 bits per heavy atom. The van der Waals surface area contributed by atoms with Gasteiger partial charge in [-0.2, -0.15) is 0 Å². The van der Waals surface area contributed by atoms with Crippen molar-refractivity contribution in [2.24, 2.45) is 0 Å². The Balaban J connectivity index is 1.83. The van der Waals surface area contributed by atoms with Gasteiger partial charge in [0.2, 0.25) is 5.91 Å². The summed E-state index contributed by atoms with van der Waals surface area (Å²) in [7, 11) is 0. The third-order valence-corrected chi connectivity index (χ3v) is 3.66. The summed E-state index contributed by atoms with van der Waals surface area (Å²) < 4.78 is 18.4. The highest BCUT2D eigenvalue weighted by molar-refractivity contribution is 5.81. The number of benzene rings is 1. The number of nitrogens with zero attached hydrogens (tertiary/aromatic N) is 1. The van der Waals surface area contributed by atoms with Crippen molar-refractivity contribution in [2.45, 2.75) is 32.4 Å². The van der Waals surface area contributed by atoms with E-state index in [-0.39, 0.29) is 23.8 Å². The molecule has 1 amide bonds. The Morgan fingerprint density at radius 1 is 1.38 bits per heavy atom. The maximum absolute atomic E-state index is 13.2. The zero-order valence-electron chi connectivity index (χ0n) is 12.6. The predicted molar refractivity (Wildman–Crippen MR) is 79.6 cm³/mol. The highest BCUT2D eigenvalue weighted by atomic mass is 19.1. The molecule has 0 spiro atoms. The van der Waals surface area contributed by atoms with Crippen LogP contribution in [0.5, 0.6) is 0 Å². The van der Waals surface area contributed by atoms with E-state index in [9.17, 15) is 9.18 Å². The maximum Gasteiger partial charge on any atom is 0.239 e. The summed E-state index contributed by atoms with van der Waals surface area (Å²) in [5.74, 6) is -0.124. The fraction of sp³-hybridized carbons (Fsp3) is 0.562. The highest BCUT2D eigenvalue weighted by Gasteiger charge is 2.23. The van der Waals surface area contributed by atoms with Gasteiger partial charge in [0.05, 0.1) is 19.3 Å². The van der Waals surface area contributed by atoms with Gasteiger partial charge < -0.3 is 15.0 Å². The summed E-state index contributed by atoms with van der Waals surface area (Å²) in [6.07, 6.45) is 0.693. The molecule has 2 rings (SSSR count). The number of amides is 1. The van der Waals surface area contributed by atoms with Crippen LogP contribution >= 0.6 is 0 Å². The standard InChI is InChI=1S/C16H23FN2O2/c1-12(10-14-4-3-5-15(17)11-14)18-13(2)16(20)19-6-8-21-9-7-19/h3-5,11-13,18H,6-10H2,1-2H3. The van der Waals surface area contributed by atoms with E-state index in [1.165, 1.54) is 12.1 Å². The fourth-order valence-electron chi connectivity index (χ4n) is 2.63. The topological polar surface area (TPSA) is 41.6 Å². The summed E-state index contributed by atoms with van der Waals surface area (Å²) in [5, 5.41) is 3.29. The number of ether oxygens (including phenoxy) is 1. The number of nitrogens with one attached hydrogen (secondary N) is 1. The lowest BCUT2D eigenvalue weighted by molar-refractivity contribution is -0.137. The van der Waals surface area contributed by atoms with Crippen LogP contribution in [0.25, 0.3) is 0 Å². The number of carbonyl (C=O) groups excluding carboxylic acids is 1. The zero-order valence-corrected chi connectivity index (χ0v) is 12.6. The molecule has 2 atom stereocenters. The van der Waals surface area contributed by atoms with E-state index < -0.39 is 0 Å². The minimum absolute atomic E-state index is 0.101. The Bertz CT molecular complexity index is 475. The molecule has 0 saturated carbocycles. The van der Waals surface area contributed by atoms with Gasteiger partial charge in [0.25, 0.3) is 0 Å². The first-order chi connectivity index (χ1) is 10.1. The van der Waals surface area contributed by atoms with Gasteiger partial charge in [-0.3, -0.25) is 4.79 Å². The highest BCUT2D eigenvalue weighted by Crippen LogP contribution is 2.08. The summed E-state index contributed by atoms with van der Waals surface area (Å²) in [5.41, 5.74) is 0.932. The monoisotopic (exact) mass is 294 g/mol. The third kappa shape index (κ3) is 4.79. The molecule has 1 aliphatic rings. The smallest absolute Gasteiger partial charge is 0.239 e. The minimum atomic E-state index is -0.244. The van der Waals surface area contributed by atoms with Crippen molar-refractivity contribution >= 4 is 5.91 Å². The predicted octanol–water partition coefficient (Wildman–Crippen LogP) is 1.59. The molecule has 5 heteroatoms. The first-order valence-corrected chi connectivity index (χ1v) is 7.43. The second-order valence-corrected chi connectivity index (χ2v) is 5.56. The number of hydrogen-bond donors (Lipinski definition) is 1. The molecule has 1 fully saturated rings. The molecule has 1 heterocycles. The van der Waals surface area contributed by atoms with Crippen molar-refractivity contribution in [1.29, 1.82) is 0 Å². The molecule has 1 saturated heterocycles. The van der Waals surface area contributed by atoms with Crippen molar-refractivity contribution in [1.82, 2.24) is 10.2 Å². The van der Waals surface area contributed by atoms with Gasteiger partial charge in [-0.15, -0.1) is 0 Å². The van der Waals surface area contributed by atoms with Crippen molar-refractivity contribution < 1.29 is 13.9 Å². The van der Waals surface area contributed by atoms with E-state index >= 15 is 0 Å². The van der Waals surface area contributed by atoms with Crippen LogP contribution in [0.2, 0.25) is 0 Å². The average molecular weight is 294 g/mol. The molecular formula is C16H23FN2O2. The second-order valence-electron chi connectivity index (χ2n) is 5.56. The molecule has 1 N–H and O–H groups in total. The molecular weight excluding hydrogens is 271 g/mol. The fourth-order valence-corrected chi connectivity index (χ4v) is 2.63. The van der Waals surface area contributed by atoms with E-state index in [0.29, 0.717) is 32.7 Å². The molecule has 1 aromatic rings. The van der Waals surface area contributed by atoms with Crippen LogP contribution < -0.4 is 5.32 Å². The SMILES string of the molecule is CC(Cc1cccc(F)c1)NC(C)C(=O)N1CCOCC1. The Labute approximate surface area is 125 Å². The lowest BCUT2D eigenvalue weighted by Gasteiger charge is -2.30. The maximum atomic E-state index is 13.2. The number of carbonyl (C=O) groups is 1. The van der Waals surface area contributed by atoms with Gasteiger partial charge >= 0.3 is 0 Å². The molecule has 116 valence electrons. The Kier molecular flexibility index (Phi) is 5.70. The van der Waals surface area contributed by atoms with Crippen molar-refractivity contribution in [2.75, 3.05) is 26.3 Å². The van der Waals surface area contributed by atoms with Crippen LogP contribution in [-0.2, 0) is 16.0 Å². The van der Waals surface area contributed by atoms with E-state index in [4.69, 9.17) is 4.74 Å². The Hall–Kier alpha value is -1.46. The van der Waals surface area contributed by atoms with Crippen molar-refractivity contribution in [3.63, 3.8) is 0 Å². The van der Waals surface area contributed by atoms with Crippen LogP contribution in [-0.4, -0.2) is 49.2 Å². The molecule has 2 unspecified atom stereocenters. The minimum Gasteiger partial charge on any atom is -0.378 e. The van der Waals surface area contributed by atoms with E-state index in [1.807, 2.05) is 24.8 Å². The second kappa shape index (κ2) is 7.52. The third-order valence-electron chi connectivity index (χ3n) is 3.66. The largest absolute Gasteiger partial charge is 0.378 e. The van der Waals surface area contributed by atoms with Gasteiger partial charge in [0, 0.05) is 19.1 Å². The molecule has 0 radical (unpaired) electrons. The van der Waals surface area contributed by atoms with Crippen LogP contribution in [0.15, 0.2) is 24.3 Å².